The number of aryl methyl sites for hydroxylation is 2. The van der Waals surface area contributed by atoms with Crippen LogP contribution in [0.5, 0.6) is 11.5 Å². The van der Waals surface area contributed by atoms with Gasteiger partial charge in [-0.25, -0.2) is 9.59 Å². The van der Waals surface area contributed by atoms with E-state index in [1.165, 1.54) is 21.5 Å². The highest BCUT2D eigenvalue weighted by molar-refractivity contribution is 7.99. The molecule has 0 bridgehead atoms. The van der Waals surface area contributed by atoms with Crippen molar-refractivity contribution in [3.8, 4) is 11.5 Å². The highest BCUT2D eigenvalue weighted by Gasteiger charge is 2.42. The first-order chi connectivity index (χ1) is 33.0. The van der Waals surface area contributed by atoms with Crippen molar-refractivity contribution in [1.29, 1.82) is 0 Å². The van der Waals surface area contributed by atoms with Gasteiger partial charge < -0.3 is 39.4 Å². The van der Waals surface area contributed by atoms with Crippen molar-refractivity contribution in [2.45, 2.75) is 95.4 Å². The van der Waals surface area contributed by atoms with E-state index in [-0.39, 0.29) is 61.7 Å². The summed E-state index contributed by atoms with van der Waals surface area (Å²) in [5.41, 5.74) is -0.564. The summed E-state index contributed by atoms with van der Waals surface area (Å²) < 4.78 is 31.8. The molecule has 368 valence electrons. The van der Waals surface area contributed by atoms with Crippen LogP contribution in [0, 0.1) is 12.3 Å². The van der Waals surface area contributed by atoms with Gasteiger partial charge in [-0.3, -0.25) is 33.3 Å². The Morgan fingerprint density at radius 1 is 0.855 bits per heavy atom. The van der Waals surface area contributed by atoms with Crippen LogP contribution in [0.15, 0.2) is 111 Å². The summed E-state index contributed by atoms with van der Waals surface area (Å²) in [5, 5.41) is 17.3. The van der Waals surface area contributed by atoms with E-state index in [1.54, 1.807) is 41.9 Å². The molecule has 6 rings (SSSR count). The SMILES string of the molecule is COc1ccc(C(OC[C@H]2O[C@@H](n3cc(CCC(=O)NCCCCNC(=O)Cn4cc(C)c(SCOC(=O)C(C)(C)C)nc4=O)c(=O)[nH]c3=O)C[C@@H]2O)(c2ccccc2)c2ccc(OC)cc2)cc1. The van der Waals surface area contributed by atoms with Gasteiger partial charge in [-0.2, -0.15) is 4.98 Å². The number of H-pyrrole nitrogens is 1. The zero-order valence-corrected chi connectivity index (χ0v) is 40.5. The third-order valence-corrected chi connectivity index (χ3v) is 12.4. The molecule has 2 amide bonds. The van der Waals surface area contributed by atoms with E-state index in [0.29, 0.717) is 48.0 Å². The number of carbonyl (C=O) groups excluding carboxylic acids is 3. The molecule has 0 unspecified atom stereocenters. The molecule has 1 aliphatic heterocycles. The molecule has 2 aromatic heterocycles. The lowest BCUT2D eigenvalue weighted by atomic mass is 9.80. The van der Waals surface area contributed by atoms with Crippen LogP contribution in [-0.4, -0.2) is 94.1 Å². The second-order valence-electron chi connectivity index (χ2n) is 17.6. The number of aliphatic hydroxyl groups excluding tert-OH is 1. The predicted octanol–water partition coefficient (Wildman–Crippen LogP) is 4.36. The smallest absolute Gasteiger partial charge is 0.349 e. The molecule has 1 fully saturated rings. The summed E-state index contributed by atoms with van der Waals surface area (Å²) in [6.07, 6.45) is 1.16. The second kappa shape index (κ2) is 23.7. The number of esters is 1. The van der Waals surface area contributed by atoms with E-state index in [4.69, 9.17) is 23.7 Å². The van der Waals surface area contributed by atoms with Gasteiger partial charge in [0.15, 0.2) is 0 Å². The number of nitrogens with one attached hydrogen (secondary N) is 3. The largest absolute Gasteiger partial charge is 0.497 e. The van der Waals surface area contributed by atoms with E-state index < -0.39 is 46.4 Å². The van der Waals surface area contributed by atoms with Crippen molar-refractivity contribution in [2.24, 2.45) is 5.41 Å². The van der Waals surface area contributed by atoms with Crippen molar-refractivity contribution in [3.63, 3.8) is 0 Å². The molecule has 19 heteroatoms. The fraction of sp³-hybridized carbons (Fsp3) is 0.420. The van der Waals surface area contributed by atoms with Crippen molar-refractivity contribution in [2.75, 3.05) is 39.9 Å². The number of aromatic nitrogens is 4. The fourth-order valence-electron chi connectivity index (χ4n) is 7.69. The number of rotatable bonds is 22. The number of aliphatic hydroxyl groups is 1. The zero-order chi connectivity index (χ0) is 49.7. The fourth-order valence-corrected chi connectivity index (χ4v) is 8.39. The number of methoxy groups -OCH3 is 2. The molecule has 18 nitrogen and oxygen atoms in total. The van der Waals surface area contributed by atoms with E-state index in [1.807, 2.05) is 78.9 Å². The van der Waals surface area contributed by atoms with Gasteiger partial charge in [0.05, 0.1) is 32.3 Å². The Labute approximate surface area is 403 Å². The van der Waals surface area contributed by atoms with Gasteiger partial charge >= 0.3 is 17.3 Å². The highest BCUT2D eigenvalue weighted by Crippen LogP contribution is 2.43. The lowest BCUT2D eigenvalue weighted by Gasteiger charge is -2.37. The average Bonchev–Trinajstić information content (AvgIpc) is 3.71. The first kappa shape index (κ1) is 51.8. The molecule has 0 spiro atoms. The Hall–Kier alpha value is -6.54. The lowest BCUT2D eigenvalue weighted by molar-refractivity contribution is -0.150. The topological polar surface area (TPSA) is 231 Å². The molecule has 0 radical (unpaired) electrons. The average molecular weight is 969 g/mol. The monoisotopic (exact) mass is 968 g/mol. The maximum atomic E-state index is 13.1. The molecule has 1 aliphatic rings. The standard InChI is InChI=1S/C50H60N6O12S/c1-32-27-55(47(62)54-45(32)69-31-66-46(61)49(2,3)4)29-42(59)52-25-11-10-24-51-41(58)23-14-33-28-56(48(63)53-44(33)60)43-26-39(57)40(68-43)30-67-50(34-12-8-7-9-13-34,35-15-19-37(64-5)20-16-35)36-17-21-38(65-6)22-18-36/h7-9,12-13,15-22,27-28,39-40,43,57H,10-11,14,23-26,29-31H2,1-6H3,(H,51,58)(H,52,59)(H,53,60,63)/t39-,40+,43+/m0/s1. The Bertz CT molecular complexity index is 2670. The highest BCUT2D eigenvalue weighted by atomic mass is 32.2. The molecule has 69 heavy (non-hydrogen) atoms. The number of aromatic amines is 1. The summed E-state index contributed by atoms with van der Waals surface area (Å²) in [4.78, 5) is 82.4. The van der Waals surface area contributed by atoms with Gasteiger partial charge in [-0.15, -0.1) is 0 Å². The van der Waals surface area contributed by atoms with Gasteiger partial charge in [-0.05, 0) is 93.5 Å². The van der Waals surface area contributed by atoms with Crippen LogP contribution >= 0.6 is 11.8 Å². The molecule has 3 atom stereocenters. The van der Waals surface area contributed by atoms with Crippen LogP contribution < -0.4 is 37.0 Å². The quantitative estimate of drug-likeness (QED) is 0.0189. The number of amides is 2. The summed E-state index contributed by atoms with van der Waals surface area (Å²) in [7, 11) is 3.18. The summed E-state index contributed by atoms with van der Waals surface area (Å²) in [5.74, 6) is 0.269. The van der Waals surface area contributed by atoms with Crippen LogP contribution in [-0.2, 0) is 47.2 Å². The van der Waals surface area contributed by atoms with Crippen molar-refractivity contribution < 1.29 is 43.2 Å². The van der Waals surface area contributed by atoms with Crippen molar-refractivity contribution >= 4 is 29.5 Å². The Kier molecular flexibility index (Phi) is 17.8. The van der Waals surface area contributed by atoms with E-state index in [9.17, 15) is 33.9 Å². The number of hydrogen-bond acceptors (Lipinski definition) is 14. The molecular weight excluding hydrogens is 909 g/mol. The van der Waals surface area contributed by atoms with E-state index in [0.717, 1.165) is 28.5 Å². The number of ether oxygens (including phenoxy) is 5. The van der Waals surface area contributed by atoms with E-state index in [2.05, 4.69) is 20.6 Å². The Morgan fingerprint density at radius 2 is 1.45 bits per heavy atom. The molecule has 0 saturated carbocycles. The van der Waals surface area contributed by atoms with Gasteiger partial charge in [-0.1, -0.05) is 66.4 Å². The van der Waals surface area contributed by atoms with Crippen LogP contribution in [0.1, 0.15) is 80.5 Å². The number of benzene rings is 3. The van der Waals surface area contributed by atoms with Gasteiger partial charge in [0, 0.05) is 43.9 Å². The minimum atomic E-state index is -1.18. The minimum Gasteiger partial charge on any atom is -0.497 e. The molecule has 3 aromatic carbocycles. The minimum absolute atomic E-state index is 0.00431. The number of carbonyl (C=O) groups is 3. The van der Waals surface area contributed by atoms with E-state index >= 15 is 0 Å². The first-order valence-corrected chi connectivity index (χ1v) is 23.6. The maximum Gasteiger partial charge on any atom is 0.349 e. The van der Waals surface area contributed by atoms with Crippen LogP contribution in [0.4, 0.5) is 0 Å². The summed E-state index contributed by atoms with van der Waals surface area (Å²) in [6, 6.07) is 24.7. The second-order valence-corrected chi connectivity index (χ2v) is 18.5. The van der Waals surface area contributed by atoms with Crippen LogP contribution in [0.2, 0.25) is 0 Å². The molecule has 4 N–H and O–H groups in total. The summed E-state index contributed by atoms with van der Waals surface area (Å²) in [6.45, 7) is 7.29. The van der Waals surface area contributed by atoms with Crippen LogP contribution in [0.3, 0.4) is 0 Å². The normalized spacial score (nSPS) is 15.9. The van der Waals surface area contributed by atoms with Crippen molar-refractivity contribution in [3.05, 3.63) is 150 Å². The number of thioether (sulfide) groups is 1. The third kappa shape index (κ3) is 13.4. The Balaban J connectivity index is 0.992. The molecule has 1 saturated heterocycles. The number of unbranched alkanes of at least 4 members (excludes halogenated alkanes) is 1. The summed E-state index contributed by atoms with van der Waals surface area (Å²) >= 11 is 1.12. The Morgan fingerprint density at radius 3 is 2.04 bits per heavy atom. The predicted molar refractivity (Wildman–Crippen MR) is 257 cm³/mol. The van der Waals surface area contributed by atoms with Crippen molar-refractivity contribution in [1.82, 2.24) is 29.7 Å². The molecular formula is C50H60N6O12S. The molecule has 5 aromatic rings. The first-order valence-electron chi connectivity index (χ1n) is 22.6. The zero-order valence-electron chi connectivity index (χ0n) is 39.7. The van der Waals surface area contributed by atoms with Crippen LogP contribution in [0.25, 0.3) is 0 Å². The molecule has 0 aliphatic carbocycles. The number of nitrogens with zero attached hydrogens (tertiary/aromatic N) is 3. The number of hydrogen-bond donors (Lipinski definition) is 4. The lowest BCUT2D eigenvalue weighted by Crippen LogP contribution is -2.38. The van der Waals surface area contributed by atoms with Gasteiger partial charge in [0.1, 0.15) is 46.9 Å². The molecule has 3 heterocycles. The van der Waals surface area contributed by atoms with Gasteiger partial charge in [0.25, 0.3) is 5.56 Å². The van der Waals surface area contributed by atoms with Gasteiger partial charge in [0.2, 0.25) is 11.8 Å². The third-order valence-electron chi connectivity index (χ3n) is 11.5. The maximum absolute atomic E-state index is 13.1.